The topological polar surface area (TPSA) is 50.4 Å². The third-order valence-corrected chi connectivity index (χ3v) is 6.67. The quantitative estimate of drug-likeness (QED) is 0.554. The van der Waals surface area contributed by atoms with Crippen LogP contribution in [0.2, 0.25) is 0 Å². The third-order valence-electron chi connectivity index (χ3n) is 6.67. The van der Waals surface area contributed by atoms with Crippen LogP contribution in [0.3, 0.4) is 0 Å². The Kier molecular flexibility index (Phi) is 5.80. The molecule has 0 saturated heterocycles. The summed E-state index contributed by atoms with van der Waals surface area (Å²) in [6.45, 7) is 10.5. The molecule has 1 heterocycles. The fraction of sp³-hybridized carbons (Fsp3) is 0.370. The fourth-order valence-corrected chi connectivity index (χ4v) is 4.69. The summed E-state index contributed by atoms with van der Waals surface area (Å²) in [4.78, 5) is 4.77. The molecule has 1 fully saturated rings. The number of hydrogen-bond donors (Lipinski definition) is 2. The lowest BCUT2D eigenvalue weighted by Gasteiger charge is -2.26. The van der Waals surface area contributed by atoms with Crippen molar-refractivity contribution in [2.24, 2.45) is 16.6 Å². The Balaban J connectivity index is 1.86. The zero-order valence-electron chi connectivity index (χ0n) is 18.5. The number of allylic oxidation sites excluding steroid dienone is 1. The van der Waals surface area contributed by atoms with Gasteiger partial charge in [0.05, 0.1) is 11.4 Å². The molecule has 156 valence electrons. The maximum absolute atomic E-state index is 6.65. The van der Waals surface area contributed by atoms with Crippen molar-refractivity contribution in [1.29, 1.82) is 0 Å². The molecule has 4 rings (SSSR count). The first-order valence-corrected chi connectivity index (χ1v) is 11.3. The van der Waals surface area contributed by atoms with Crippen LogP contribution in [0.1, 0.15) is 61.8 Å². The van der Waals surface area contributed by atoms with Crippen LogP contribution in [0.25, 0.3) is 16.8 Å². The molecule has 1 unspecified atom stereocenters. The van der Waals surface area contributed by atoms with Crippen LogP contribution >= 0.6 is 0 Å². The Labute approximate surface area is 180 Å². The number of aryl methyl sites for hydroxylation is 1. The summed E-state index contributed by atoms with van der Waals surface area (Å²) in [6.07, 6.45) is 10.5. The second-order valence-corrected chi connectivity index (χ2v) is 8.54. The molecule has 0 spiro atoms. The first kappa shape index (κ1) is 20.5. The number of nitrogens with zero attached hydrogens (tertiary/aromatic N) is 1. The van der Waals surface area contributed by atoms with Crippen molar-refractivity contribution in [3.8, 4) is 11.1 Å². The average molecular weight is 400 g/mol. The van der Waals surface area contributed by atoms with E-state index >= 15 is 0 Å². The molecule has 0 amide bonds. The Morgan fingerprint density at radius 1 is 1.27 bits per heavy atom. The van der Waals surface area contributed by atoms with Crippen molar-refractivity contribution in [1.82, 2.24) is 0 Å². The van der Waals surface area contributed by atoms with Gasteiger partial charge in [0.2, 0.25) is 0 Å². The Hall–Kier alpha value is -2.81. The number of anilines is 1. The Morgan fingerprint density at radius 2 is 2.07 bits per heavy atom. The highest BCUT2D eigenvalue weighted by molar-refractivity contribution is 5.88. The van der Waals surface area contributed by atoms with Gasteiger partial charge >= 0.3 is 0 Å². The van der Waals surface area contributed by atoms with E-state index in [0.29, 0.717) is 5.92 Å². The van der Waals surface area contributed by atoms with E-state index in [-0.39, 0.29) is 0 Å². The summed E-state index contributed by atoms with van der Waals surface area (Å²) in [5, 5.41) is 3.43. The van der Waals surface area contributed by atoms with Crippen molar-refractivity contribution >= 4 is 23.3 Å². The highest BCUT2D eigenvalue weighted by Gasteiger charge is 2.22. The lowest BCUT2D eigenvalue weighted by atomic mass is 9.84. The summed E-state index contributed by atoms with van der Waals surface area (Å²) in [5.74, 6) is 0.557. The Bertz CT molecular complexity index is 1040. The summed E-state index contributed by atoms with van der Waals surface area (Å²) in [5.41, 5.74) is 18.6. The second-order valence-electron chi connectivity index (χ2n) is 8.54. The lowest BCUT2D eigenvalue weighted by Crippen LogP contribution is -2.13. The normalized spacial score (nSPS) is 17.3. The van der Waals surface area contributed by atoms with E-state index in [4.69, 9.17) is 10.7 Å². The number of benzene rings is 2. The van der Waals surface area contributed by atoms with Gasteiger partial charge < -0.3 is 11.1 Å². The molecule has 2 aliphatic rings. The van der Waals surface area contributed by atoms with Crippen molar-refractivity contribution in [2.75, 3.05) is 5.32 Å². The van der Waals surface area contributed by atoms with Crippen molar-refractivity contribution in [2.45, 2.75) is 59.3 Å². The second kappa shape index (κ2) is 8.51. The molecule has 3 heteroatoms. The molecule has 1 aliphatic heterocycles. The third kappa shape index (κ3) is 3.58. The van der Waals surface area contributed by atoms with Gasteiger partial charge in [-0.05, 0) is 97.0 Å². The number of rotatable bonds is 6. The zero-order chi connectivity index (χ0) is 21.3. The van der Waals surface area contributed by atoms with Crippen LogP contribution in [0.15, 0.2) is 47.6 Å². The van der Waals surface area contributed by atoms with Gasteiger partial charge in [-0.25, -0.2) is 0 Å². The minimum atomic E-state index is 0.557. The van der Waals surface area contributed by atoms with Crippen molar-refractivity contribution < 1.29 is 0 Å². The summed E-state index contributed by atoms with van der Waals surface area (Å²) in [6, 6.07) is 9.07. The van der Waals surface area contributed by atoms with Gasteiger partial charge in [-0.15, -0.1) is 0 Å². The van der Waals surface area contributed by atoms with Gasteiger partial charge in [0.1, 0.15) is 0 Å². The standard InChI is InChI=1S/C27H33N3/c1-5-18-14-21-12-11-20(15-24(21)30-16-18)23-13-17(4)25(26(28)19-9-8-10-19)27(29-7-3)22(23)6-2/h7,11-13,15-16,18,29H,3,5-6,8-10,14,28H2,1-2,4H3. The largest absolute Gasteiger partial charge is 0.398 e. The summed E-state index contributed by atoms with van der Waals surface area (Å²) < 4.78 is 0. The molecular formula is C27H33N3. The van der Waals surface area contributed by atoms with E-state index in [0.717, 1.165) is 54.7 Å². The van der Waals surface area contributed by atoms with E-state index in [1.807, 2.05) is 0 Å². The minimum Gasteiger partial charge on any atom is -0.398 e. The van der Waals surface area contributed by atoms with Crippen LogP contribution in [0, 0.1) is 12.8 Å². The fourth-order valence-electron chi connectivity index (χ4n) is 4.69. The molecule has 1 aliphatic carbocycles. The van der Waals surface area contributed by atoms with E-state index in [1.165, 1.54) is 39.8 Å². The number of nitrogens with two attached hydrogens (primary N) is 1. The maximum Gasteiger partial charge on any atom is 0.0664 e. The van der Waals surface area contributed by atoms with Crippen LogP contribution in [-0.2, 0) is 12.8 Å². The smallest absolute Gasteiger partial charge is 0.0664 e. The monoisotopic (exact) mass is 399 g/mol. The van der Waals surface area contributed by atoms with E-state index < -0.39 is 0 Å². The SMILES string of the molecule is C=CNc1c(CC)c(-c2ccc3c(c2)N=CC(CC)C3)cc(C)c1C(N)=C1CCC1. The van der Waals surface area contributed by atoms with Gasteiger partial charge in [-0.3, -0.25) is 4.99 Å². The van der Waals surface area contributed by atoms with Crippen LogP contribution in [0.4, 0.5) is 11.4 Å². The molecule has 1 saturated carbocycles. The molecule has 30 heavy (non-hydrogen) atoms. The van der Waals surface area contributed by atoms with Crippen LogP contribution < -0.4 is 11.1 Å². The molecule has 2 aromatic rings. The average Bonchev–Trinajstić information content (AvgIpc) is 2.71. The first-order valence-electron chi connectivity index (χ1n) is 11.3. The zero-order valence-corrected chi connectivity index (χ0v) is 18.5. The van der Waals surface area contributed by atoms with Crippen LogP contribution in [0.5, 0.6) is 0 Å². The van der Waals surface area contributed by atoms with Gasteiger partial charge in [0.15, 0.2) is 0 Å². The first-order chi connectivity index (χ1) is 14.6. The molecule has 0 aromatic heterocycles. The highest BCUT2D eigenvalue weighted by Crippen LogP contribution is 2.42. The van der Waals surface area contributed by atoms with Gasteiger partial charge in [0, 0.05) is 17.5 Å². The minimum absolute atomic E-state index is 0.557. The van der Waals surface area contributed by atoms with E-state index in [9.17, 15) is 0 Å². The number of fused-ring (bicyclic) bond motifs is 1. The molecule has 0 radical (unpaired) electrons. The predicted molar refractivity (Wildman–Crippen MR) is 130 cm³/mol. The molecule has 2 aromatic carbocycles. The molecule has 3 nitrogen and oxygen atoms in total. The van der Waals surface area contributed by atoms with Crippen LogP contribution in [-0.4, -0.2) is 6.21 Å². The maximum atomic E-state index is 6.65. The predicted octanol–water partition coefficient (Wildman–Crippen LogP) is 6.92. The Morgan fingerprint density at radius 3 is 2.70 bits per heavy atom. The van der Waals surface area contributed by atoms with Gasteiger partial charge in [-0.2, -0.15) is 0 Å². The summed E-state index contributed by atoms with van der Waals surface area (Å²) in [7, 11) is 0. The number of nitrogens with one attached hydrogen (secondary N) is 1. The van der Waals surface area contributed by atoms with Gasteiger partial charge in [0.25, 0.3) is 0 Å². The molecule has 1 atom stereocenters. The number of hydrogen-bond acceptors (Lipinski definition) is 3. The molecule has 3 N–H and O–H groups in total. The molecule has 0 bridgehead atoms. The van der Waals surface area contributed by atoms with Crippen molar-refractivity contribution in [3.05, 3.63) is 64.9 Å². The molecular weight excluding hydrogens is 366 g/mol. The summed E-state index contributed by atoms with van der Waals surface area (Å²) >= 11 is 0. The lowest BCUT2D eigenvalue weighted by molar-refractivity contribution is 0.664. The van der Waals surface area contributed by atoms with E-state index in [1.54, 1.807) is 6.20 Å². The highest BCUT2D eigenvalue weighted by atomic mass is 14.9. The number of aliphatic imine (C=N–C) groups is 1. The van der Waals surface area contributed by atoms with Crippen molar-refractivity contribution in [3.63, 3.8) is 0 Å². The van der Waals surface area contributed by atoms with E-state index in [2.05, 4.69) is 63.1 Å². The van der Waals surface area contributed by atoms with Gasteiger partial charge in [-0.1, -0.05) is 38.6 Å².